The molecule has 32 heavy (non-hydrogen) atoms. The quantitative estimate of drug-likeness (QED) is 0.492. The molecular weight excluding hydrogens is 406 g/mol. The molecule has 7 nitrogen and oxygen atoms in total. The van der Waals surface area contributed by atoms with Gasteiger partial charge in [0.2, 0.25) is 0 Å². The average Bonchev–Trinajstić information content (AvgIpc) is 2.83. The summed E-state index contributed by atoms with van der Waals surface area (Å²) >= 11 is 0. The van der Waals surface area contributed by atoms with E-state index in [1.165, 1.54) is 12.7 Å². The number of methoxy groups -OCH3 is 1. The molecule has 7 heteroatoms. The fraction of sp³-hybridized carbons (Fsp3) is 0.280. The van der Waals surface area contributed by atoms with Gasteiger partial charge in [-0.2, -0.15) is 0 Å². The Hall–Kier alpha value is -3.42. The van der Waals surface area contributed by atoms with Gasteiger partial charge >= 0.3 is 5.97 Å². The van der Waals surface area contributed by atoms with Crippen molar-refractivity contribution in [3.8, 4) is 16.9 Å². The Labute approximate surface area is 187 Å². The first kappa shape index (κ1) is 21.8. The van der Waals surface area contributed by atoms with Crippen molar-refractivity contribution in [2.24, 2.45) is 0 Å². The molecule has 0 fully saturated rings. The minimum atomic E-state index is -0.646. The Balaban J connectivity index is 1.32. The van der Waals surface area contributed by atoms with E-state index < -0.39 is 6.10 Å². The number of ether oxygens (including phenoxy) is 2. The number of nitrogens with one attached hydrogen (secondary N) is 1. The number of fused-ring (bicyclic) bond motifs is 1. The molecule has 0 aliphatic carbocycles. The SMILES string of the molecule is COC(=O)c1ccc(-c2ccc3c(c2)CCC(CNCC(O)c2ccc(N)nc2)O3)cc1. The van der Waals surface area contributed by atoms with Crippen LogP contribution in [-0.2, 0) is 11.2 Å². The van der Waals surface area contributed by atoms with Gasteiger partial charge < -0.3 is 25.6 Å². The first-order valence-electron chi connectivity index (χ1n) is 10.6. The van der Waals surface area contributed by atoms with Gasteiger partial charge in [0.25, 0.3) is 0 Å². The van der Waals surface area contributed by atoms with E-state index in [2.05, 4.69) is 16.4 Å². The summed E-state index contributed by atoms with van der Waals surface area (Å²) in [4.78, 5) is 15.6. The molecule has 2 unspecified atom stereocenters. The molecule has 2 heterocycles. The predicted octanol–water partition coefficient (Wildman–Crippen LogP) is 3.13. The molecule has 0 saturated carbocycles. The third-order valence-electron chi connectivity index (χ3n) is 5.63. The van der Waals surface area contributed by atoms with Crippen LogP contribution in [0.15, 0.2) is 60.8 Å². The molecule has 166 valence electrons. The fourth-order valence-corrected chi connectivity index (χ4v) is 3.80. The Morgan fingerprint density at radius 3 is 2.72 bits per heavy atom. The number of pyridine rings is 1. The highest BCUT2D eigenvalue weighted by Gasteiger charge is 2.20. The predicted molar refractivity (Wildman–Crippen MR) is 122 cm³/mol. The molecule has 0 saturated heterocycles. The number of benzene rings is 2. The van der Waals surface area contributed by atoms with Gasteiger partial charge in [0, 0.05) is 24.8 Å². The summed E-state index contributed by atoms with van der Waals surface area (Å²) in [5.41, 5.74) is 10.1. The van der Waals surface area contributed by atoms with E-state index in [4.69, 9.17) is 15.2 Å². The van der Waals surface area contributed by atoms with Gasteiger partial charge in [0.1, 0.15) is 17.7 Å². The molecule has 0 bridgehead atoms. The lowest BCUT2D eigenvalue weighted by Gasteiger charge is -2.27. The highest BCUT2D eigenvalue weighted by Crippen LogP contribution is 2.32. The smallest absolute Gasteiger partial charge is 0.337 e. The lowest BCUT2D eigenvalue weighted by atomic mass is 9.96. The zero-order chi connectivity index (χ0) is 22.5. The largest absolute Gasteiger partial charge is 0.489 e. The molecule has 1 aromatic heterocycles. The summed E-state index contributed by atoms with van der Waals surface area (Å²) < 4.78 is 10.9. The topological polar surface area (TPSA) is 107 Å². The molecule has 1 aliphatic rings. The van der Waals surface area contributed by atoms with Crippen LogP contribution in [0.3, 0.4) is 0 Å². The minimum absolute atomic E-state index is 0.0458. The minimum Gasteiger partial charge on any atom is -0.489 e. The number of nitrogens with zero attached hydrogens (tertiary/aromatic N) is 1. The van der Waals surface area contributed by atoms with Crippen molar-refractivity contribution in [3.63, 3.8) is 0 Å². The monoisotopic (exact) mass is 433 g/mol. The van der Waals surface area contributed by atoms with Crippen molar-refractivity contribution in [1.29, 1.82) is 0 Å². The summed E-state index contributed by atoms with van der Waals surface area (Å²) in [5.74, 6) is 0.985. The fourth-order valence-electron chi connectivity index (χ4n) is 3.80. The van der Waals surface area contributed by atoms with Gasteiger partial charge in [-0.05, 0) is 59.9 Å². The number of aromatic nitrogens is 1. The molecular formula is C25H27N3O4. The van der Waals surface area contributed by atoms with Crippen molar-refractivity contribution < 1.29 is 19.4 Å². The standard InChI is InChI=1S/C25H27N3O4/c1-31-25(30)17-4-2-16(3-5-17)18-7-10-23-19(12-18)6-9-21(32-23)14-27-15-22(29)20-8-11-24(26)28-13-20/h2-5,7-8,10-13,21-22,27,29H,6,9,14-15H2,1H3,(H2,26,28). The molecule has 2 aromatic carbocycles. The number of nitrogens with two attached hydrogens (primary N) is 1. The Morgan fingerprint density at radius 2 is 2.00 bits per heavy atom. The van der Waals surface area contributed by atoms with Crippen LogP contribution in [0.4, 0.5) is 5.82 Å². The summed E-state index contributed by atoms with van der Waals surface area (Å²) in [7, 11) is 1.38. The molecule has 3 aromatic rings. The number of carbonyl (C=O) groups is 1. The lowest BCUT2D eigenvalue weighted by molar-refractivity contribution is 0.0600. The normalized spacial score (nSPS) is 16.0. The van der Waals surface area contributed by atoms with Crippen molar-refractivity contribution in [1.82, 2.24) is 10.3 Å². The van der Waals surface area contributed by atoms with Crippen LogP contribution < -0.4 is 15.8 Å². The Bertz CT molecular complexity index is 1070. The third-order valence-corrected chi connectivity index (χ3v) is 5.63. The number of aliphatic hydroxyl groups excluding tert-OH is 1. The molecule has 4 N–H and O–H groups in total. The number of hydrogen-bond donors (Lipinski definition) is 3. The van der Waals surface area contributed by atoms with Crippen LogP contribution in [0.25, 0.3) is 11.1 Å². The molecule has 0 radical (unpaired) electrons. The second kappa shape index (κ2) is 9.80. The highest BCUT2D eigenvalue weighted by molar-refractivity contribution is 5.90. The van der Waals surface area contributed by atoms with Crippen LogP contribution >= 0.6 is 0 Å². The van der Waals surface area contributed by atoms with Crippen LogP contribution in [0.5, 0.6) is 5.75 Å². The van der Waals surface area contributed by atoms with E-state index in [0.717, 1.165) is 35.3 Å². The van der Waals surface area contributed by atoms with Gasteiger partial charge in [-0.3, -0.25) is 0 Å². The summed E-state index contributed by atoms with van der Waals surface area (Å²) in [6.07, 6.45) is 2.80. The average molecular weight is 434 g/mol. The van der Waals surface area contributed by atoms with Crippen LogP contribution in [0.1, 0.15) is 34.0 Å². The second-order valence-corrected chi connectivity index (χ2v) is 7.86. The summed E-state index contributed by atoms with van der Waals surface area (Å²) in [6.45, 7) is 1.06. The molecule has 2 atom stereocenters. The van der Waals surface area contributed by atoms with E-state index in [0.29, 0.717) is 24.5 Å². The van der Waals surface area contributed by atoms with Gasteiger partial charge in [0.05, 0.1) is 18.8 Å². The zero-order valence-corrected chi connectivity index (χ0v) is 18.0. The Morgan fingerprint density at radius 1 is 1.22 bits per heavy atom. The third kappa shape index (κ3) is 5.07. The summed E-state index contributed by atoms with van der Waals surface area (Å²) in [6, 6.07) is 17.0. The first-order chi connectivity index (χ1) is 15.5. The van der Waals surface area contributed by atoms with Crippen LogP contribution in [-0.4, -0.2) is 42.4 Å². The molecule has 0 amide bonds. The van der Waals surface area contributed by atoms with E-state index in [9.17, 15) is 9.90 Å². The van der Waals surface area contributed by atoms with E-state index >= 15 is 0 Å². The van der Waals surface area contributed by atoms with Gasteiger partial charge in [0.15, 0.2) is 0 Å². The number of carbonyl (C=O) groups excluding carboxylic acids is 1. The van der Waals surface area contributed by atoms with Gasteiger partial charge in [-0.1, -0.05) is 24.3 Å². The first-order valence-corrected chi connectivity index (χ1v) is 10.6. The molecule has 1 aliphatic heterocycles. The molecule has 0 spiro atoms. The van der Waals surface area contributed by atoms with Crippen molar-refractivity contribution in [2.75, 3.05) is 25.9 Å². The number of nitrogen functional groups attached to an aromatic ring is 1. The van der Waals surface area contributed by atoms with E-state index in [1.54, 1.807) is 30.5 Å². The number of anilines is 1. The maximum Gasteiger partial charge on any atom is 0.337 e. The van der Waals surface area contributed by atoms with E-state index in [1.807, 2.05) is 24.3 Å². The van der Waals surface area contributed by atoms with Crippen LogP contribution in [0, 0.1) is 0 Å². The van der Waals surface area contributed by atoms with Crippen molar-refractivity contribution in [2.45, 2.75) is 25.0 Å². The maximum absolute atomic E-state index is 11.6. The van der Waals surface area contributed by atoms with Gasteiger partial charge in [-0.25, -0.2) is 9.78 Å². The second-order valence-electron chi connectivity index (χ2n) is 7.86. The number of aryl methyl sites for hydroxylation is 1. The maximum atomic E-state index is 11.6. The zero-order valence-electron chi connectivity index (χ0n) is 18.0. The summed E-state index contributed by atoms with van der Waals surface area (Å²) in [5, 5.41) is 13.6. The highest BCUT2D eigenvalue weighted by atomic mass is 16.5. The number of hydrogen-bond acceptors (Lipinski definition) is 7. The number of aliphatic hydroxyl groups is 1. The van der Waals surface area contributed by atoms with Crippen molar-refractivity contribution >= 4 is 11.8 Å². The van der Waals surface area contributed by atoms with Crippen LogP contribution in [0.2, 0.25) is 0 Å². The Kier molecular flexibility index (Phi) is 6.68. The molecule has 4 rings (SSSR count). The van der Waals surface area contributed by atoms with Gasteiger partial charge in [-0.15, -0.1) is 0 Å². The number of rotatable bonds is 7. The lowest BCUT2D eigenvalue weighted by Crippen LogP contribution is -2.36. The van der Waals surface area contributed by atoms with E-state index in [-0.39, 0.29) is 12.1 Å². The number of esters is 1. The van der Waals surface area contributed by atoms with Crippen molar-refractivity contribution in [3.05, 3.63) is 77.5 Å².